The van der Waals surface area contributed by atoms with Crippen molar-refractivity contribution in [2.45, 2.75) is 31.9 Å². The fraction of sp³-hybridized carbons (Fsp3) is 0.294. The van der Waals surface area contributed by atoms with Crippen LogP contribution in [-0.4, -0.2) is 15.0 Å². The molecule has 0 radical (unpaired) electrons. The summed E-state index contributed by atoms with van der Waals surface area (Å²) in [6.07, 6.45) is 0. The molecule has 0 unspecified atom stereocenters. The summed E-state index contributed by atoms with van der Waals surface area (Å²) in [7, 11) is -3.62. The molecule has 0 heterocycles. The molecule has 0 saturated heterocycles. The van der Waals surface area contributed by atoms with Crippen molar-refractivity contribution in [3.8, 4) is 0 Å². The Morgan fingerprint density at radius 3 is 2.48 bits per heavy atom. The van der Waals surface area contributed by atoms with Crippen LogP contribution in [0.25, 0.3) is 0 Å². The number of benzene rings is 2. The minimum atomic E-state index is -3.62. The Morgan fingerprint density at radius 1 is 1.09 bits per heavy atom. The third-order valence-electron chi connectivity index (χ3n) is 3.54. The third-order valence-corrected chi connectivity index (χ3v) is 5.50. The number of halogens is 1. The number of nitrogens with one attached hydrogen (secondary N) is 1. The van der Waals surface area contributed by atoms with Crippen LogP contribution in [0, 0.1) is 6.92 Å². The SMILES string of the molecule is CCOCc1ccccc1CNS(=O)(=O)c1cccc(Cl)c1C. The van der Waals surface area contributed by atoms with Crippen LogP contribution in [0.15, 0.2) is 47.4 Å². The van der Waals surface area contributed by atoms with Gasteiger partial charge in [-0.25, -0.2) is 13.1 Å². The van der Waals surface area contributed by atoms with E-state index in [0.717, 1.165) is 11.1 Å². The normalized spacial score (nSPS) is 11.6. The van der Waals surface area contributed by atoms with E-state index in [0.29, 0.717) is 23.8 Å². The fourth-order valence-electron chi connectivity index (χ4n) is 2.21. The van der Waals surface area contributed by atoms with Gasteiger partial charge in [-0.15, -0.1) is 0 Å². The van der Waals surface area contributed by atoms with Crippen molar-refractivity contribution in [1.29, 1.82) is 0 Å². The monoisotopic (exact) mass is 353 g/mol. The molecule has 0 saturated carbocycles. The van der Waals surface area contributed by atoms with Gasteiger partial charge in [0.2, 0.25) is 10.0 Å². The standard InChI is InChI=1S/C17H20ClNO3S/c1-3-22-12-15-8-5-4-7-14(15)11-19-23(20,21)17-10-6-9-16(18)13(17)2/h4-10,19H,3,11-12H2,1-2H3. The van der Waals surface area contributed by atoms with Crippen LogP contribution in [0.5, 0.6) is 0 Å². The van der Waals surface area contributed by atoms with Gasteiger partial charge in [0.1, 0.15) is 0 Å². The predicted octanol–water partition coefficient (Wildman–Crippen LogP) is 3.66. The van der Waals surface area contributed by atoms with Crippen molar-refractivity contribution in [2.75, 3.05) is 6.61 Å². The largest absolute Gasteiger partial charge is 0.377 e. The van der Waals surface area contributed by atoms with Crippen LogP contribution >= 0.6 is 11.6 Å². The molecular weight excluding hydrogens is 334 g/mol. The van der Waals surface area contributed by atoms with Crippen molar-refractivity contribution in [2.24, 2.45) is 0 Å². The zero-order valence-corrected chi connectivity index (χ0v) is 14.7. The molecule has 1 N–H and O–H groups in total. The van der Waals surface area contributed by atoms with Crippen LogP contribution in [0.3, 0.4) is 0 Å². The van der Waals surface area contributed by atoms with Crippen molar-refractivity contribution < 1.29 is 13.2 Å². The molecule has 23 heavy (non-hydrogen) atoms. The summed E-state index contributed by atoms with van der Waals surface area (Å²) in [5.74, 6) is 0. The molecule has 0 aliphatic rings. The van der Waals surface area contributed by atoms with Gasteiger partial charge in [-0.3, -0.25) is 0 Å². The van der Waals surface area contributed by atoms with Crippen LogP contribution in [0.2, 0.25) is 5.02 Å². The Hall–Kier alpha value is -1.40. The predicted molar refractivity (Wildman–Crippen MR) is 92.0 cm³/mol. The maximum Gasteiger partial charge on any atom is 0.241 e. The molecule has 0 bridgehead atoms. The first-order valence-corrected chi connectivity index (χ1v) is 9.21. The number of hydrogen-bond acceptors (Lipinski definition) is 3. The molecule has 0 aliphatic heterocycles. The van der Waals surface area contributed by atoms with E-state index in [4.69, 9.17) is 16.3 Å². The van der Waals surface area contributed by atoms with Gasteiger partial charge in [-0.1, -0.05) is 41.9 Å². The molecule has 2 rings (SSSR count). The van der Waals surface area contributed by atoms with Gasteiger partial charge >= 0.3 is 0 Å². The highest BCUT2D eigenvalue weighted by Gasteiger charge is 2.18. The number of hydrogen-bond donors (Lipinski definition) is 1. The van der Waals surface area contributed by atoms with Gasteiger partial charge in [0, 0.05) is 18.2 Å². The Kier molecular flexibility index (Phi) is 6.18. The molecular formula is C17H20ClNO3S. The summed E-state index contributed by atoms with van der Waals surface area (Å²) in [6, 6.07) is 12.5. The van der Waals surface area contributed by atoms with Crippen molar-refractivity contribution in [1.82, 2.24) is 4.72 Å². The van der Waals surface area contributed by atoms with Gasteiger partial charge in [-0.2, -0.15) is 0 Å². The lowest BCUT2D eigenvalue weighted by molar-refractivity contribution is 0.133. The molecule has 0 amide bonds. The Balaban J connectivity index is 2.18. The summed E-state index contributed by atoms with van der Waals surface area (Å²) in [5.41, 5.74) is 2.41. The van der Waals surface area contributed by atoms with Crippen LogP contribution in [-0.2, 0) is 27.9 Å². The zero-order valence-electron chi connectivity index (χ0n) is 13.2. The van der Waals surface area contributed by atoms with E-state index < -0.39 is 10.0 Å². The third kappa shape index (κ3) is 4.54. The van der Waals surface area contributed by atoms with E-state index >= 15 is 0 Å². The molecule has 6 heteroatoms. The van der Waals surface area contributed by atoms with Crippen molar-refractivity contribution >= 4 is 21.6 Å². The second-order valence-electron chi connectivity index (χ2n) is 5.09. The molecule has 2 aromatic carbocycles. The van der Waals surface area contributed by atoms with E-state index in [9.17, 15) is 8.42 Å². The minimum Gasteiger partial charge on any atom is -0.377 e. The Morgan fingerprint density at radius 2 is 1.78 bits per heavy atom. The number of ether oxygens (including phenoxy) is 1. The number of rotatable bonds is 7. The molecule has 0 aliphatic carbocycles. The van der Waals surface area contributed by atoms with Gasteiger partial charge in [0.15, 0.2) is 0 Å². The summed E-state index contributed by atoms with van der Waals surface area (Å²) in [6.45, 7) is 4.90. The molecule has 0 spiro atoms. The maximum absolute atomic E-state index is 12.5. The quantitative estimate of drug-likeness (QED) is 0.826. The fourth-order valence-corrected chi connectivity index (χ4v) is 3.71. The van der Waals surface area contributed by atoms with Crippen molar-refractivity contribution in [3.63, 3.8) is 0 Å². The second kappa shape index (κ2) is 7.93. The van der Waals surface area contributed by atoms with E-state index in [1.807, 2.05) is 31.2 Å². The van der Waals surface area contributed by atoms with Crippen molar-refractivity contribution in [3.05, 3.63) is 64.2 Å². The van der Waals surface area contributed by atoms with Crippen LogP contribution < -0.4 is 4.72 Å². The number of sulfonamides is 1. The zero-order chi connectivity index (χ0) is 16.9. The lowest BCUT2D eigenvalue weighted by Gasteiger charge is -2.13. The Labute approximate surface area is 142 Å². The lowest BCUT2D eigenvalue weighted by atomic mass is 10.1. The average molecular weight is 354 g/mol. The van der Waals surface area contributed by atoms with E-state index in [1.54, 1.807) is 25.1 Å². The van der Waals surface area contributed by atoms with Crippen LogP contribution in [0.1, 0.15) is 23.6 Å². The highest BCUT2D eigenvalue weighted by molar-refractivity contribution is 7.89. The van der Waals surface area contributed by atoms with E-state index in [1.165, 1.54) is 0 Å². The minimum absolute atomic E-state index is 0.201. The molecule has 124 valence electrons. The topological polar surface area (TPSA) is 55.4 Å². The van der Waals surface area contributed by atoms with Gasteiger partial charge in [0.05, 0.1) is 11.5 Å². The first-order valence-electron chi connectivity index (χ1n) is 7.35. The second-order valence-corrected chi connectivity index (χ2v) is 7.24. The average Bonchev–Trinajstić information content (AvgIpc) is 2.54. The summed E-state index contributed by atoms with van der Waals surface area (Å²) >= 11 is 6.01. The summed E-state index contributed by atoms with van der Waals surface area (Å²) in [5, 5.41) is 0.435. The lowest BCUT2D eigenvalue weighted by Crippen LogP contribution is -2.24. The first kappa shape index (κ1) is 17.9. The van der Waals surface area contributed by atoms with Gasteiger partial charge < -0.3 is 4.74 Å². The van der Waals surface area contributed by atoms with Gasteiger partial charge in [0.25, 0.3) is 0 Å². The van der Waals surface area contributed by atoms with Gasteiger partial charge in [-0.05, 0) is 42.7 Å². The molecule has 2 aromatic rings. The highest BCUT2D eigenvalue weighted by Crippen LogP contribution is 2.23. The van der Waals surface area contributed by atoms with E-state index in [2.05, 4.69) is 4.72 Å². The Bertz CT molecular complexity index is 775. The molecule has 0 atom stereocenters. The molecule has 0 fully saturated rings. The van der Waals surface area contributed by atoms with Crippen LogP contribution in [0.4, 0.5) is 0 Å². The molecule has 4 nitrogen and oxygen atoms in total. The highest BCUT2D eigenvalue weighted by atomic mass is 35.5. The first-order chi connectivity index (χ1) is 11.0. The van der Waals surface area contributed by atoms with E-state index in [-0.39, 0.29) is 11.4 Å². The molecule has 0 aromatic heterocycles. The summed E-state index contributed by atoms with van der Waals surface area (Å²) < 4.78 is 33.1. The maximum atomic E-state index is 12.5. The smallest absolute Gasteiger partial charge is 0.241 e. The summed E-state index contributed by atoms with van der Waals surface area (Å²) in [4.78, 5) is 0.201.